The Labute approximate surface area is 214 Å². The van der Waals surface area contributed by atoms with E-state index in [1.807, 2.05) is 45.0 Å². The van der Waals surface area contributed by atoms with Gasteiger partial charge in [0, 0.05) is 16.7 Å². The second-order valence-corrected chi connectivity index (χ2v) is 8.89. The quantitative estimate of drug-likeness (QED) is 0.303. The van der Waals surface area contributed by atoms with Crippen LogP contribution in [0.3, 0.4) is 0 Å². The van der Waals surface area contributed by atoms with Crippen LogP contribution in [0.25, 0.3) is 17.0 Å². The minimum absolute atomic E-state index is 0.0415. The third-order valence-electron chi connectivity index (χ3n) is 6.29. The van der Waals surface area contributed by atoms with Crippen LogP contribution >= 0.6 is 0 Å². The van der Waals surface area contributed by atoms with Gasteiger partial charge in [-0.2, -0.15) is 9.67 Å². The molecule has 0 aliphatic carbocycles. The third kappa shape index (κ3) is 4.06. The largest absolute Gasteiger partial charge is 0.858 e. The van der Waals surface area contributed by atoms with E-state index in [9.17, 15) is 14.7 Å². The van der Waals surface area contributed by atoms with Crippen LogP contribution in [0.5, 0.6) is 11.6 Å². The van der Waals surface area contributed by atoms with Gasteiger partial charge in [0.15, 0.2) is 12.4 Å². The number of carbonyl (C=O) groups excluding carboxylic acids is 2. The van der Waals surface area contributed by atoms with Crippen molar-refractivity contribution >= 4 is 28.8 Å². The fourth-order valence-electron chi connectivity index (χ4n) is 4.68. The van der Waals surface area contributed by atoms with E-state index >= 15 is 0 Å². The number of nitrogens with zero attached hydrogens (tertiary/aromatic N) is 4. The van der Waals surface area contributed by atoms with Crippen LogP contribution in [0.15, 0.2) is 73.1 Å². The molecule has 2 aromatic carbocycles. The molecule has 1 aliphatic heterocycles. The molecular weight excluding hydrogens is 468 g/mol. The van der Waals surface area contributed by atoms with Gasteiger partial charge >= 0.3 is 5.91 Å². The summed E-state index contributed by atoms with van der Waals surface area (Å²) in [6.45, 7) is 5.69. The molecule has 2 amide bonds. The maximum absolute atomic E-state index is 14.0. The number of amides is 2. The normalized spacial score (nSPS) is 13.6. The lowest BCUT2D eigenvalue weighted by molar-refractivity contribution is -0.577. The Morgan fingerprint density at radius 3 is 2.16 bits per heavy atom. The summed E-state index contributed by atoms with van der Waals surface area (Å²) in [6.07, 6.45) is 3.97. The Balaban J connectivity index is 1.77. The molecule has 37 heavy (non-hydrogen) atoms. The van der Waals surface area contributed by atoms with Gasteiger partial charge in [-0.1, -0.05) is 25.1 Å². The first-order valence-electron chi connectivity index (χ1n) is 12.0. The van der Waals surface area contributed by atoms with Crippen LogP contribution in [0.4, 0.5) is 5.69 Å². The molecule has 4 aromatic rings. The fraction of sp³-hybridized carbons (Fsp3) is 0.172. The average Bonchev–Trinajstić information content (AvgIpc) is 3.35. The van der Waals surface area contributed by atoms with Crippen molar-refractivity contribution < 1.29 is 24.0 Å². The molecule has 8 heteroatoms. The van der Waals surface area contributed by atoms with Gasteiger partial charge in [-0.05, 0) is 68.6 Å². The van der Waals surface area contributed by atoms with Crippen LogP contribution < -0.4 is 19.3 Å². The summed E-state index contributed by atoms with van der Waals surface area (Å²) >= 11 is 0. The van der Waals surface area contributed by atoms with E-state index in [-0.39, 0.29) is 16.8 Å². The van der Waals surface area contributed by atoms with Gasteiger partial charge in [-0.15, -0.1) is 0 Å². The highest BCUT2D eigenvalue weighted by Gasteiger charge is 2.47. The first-order chi connectivity index (χ1) is 17.8. The maximum atomic E-state index is 14.0. The van der Waals surface area contributed by atoms with Crippen molar-refractivity contribution in [3.8, 4) is 17.3 Å². The molecule has 0 bridgehead atoms. The Morgan fingerprint density at radius 1 is 0.919 bits per heavy atom. The lowest BCUT2D eigenvalue weighted by atomic mass is 10.0. The van der Waals surface area contributed by atoms with E-state index in [1.165, 1.54) is 4.68 Å². The zero-order valence-corrected chi connectivity index (χ0v) is 21.1. The zero-order chi connectivity index (χ0) is 26.3. The molecule has 0 spiro atoms. The van der Waals surface area contributed by atoms with Crippen molar-refractivity contribution in [2.75, 3.05) is 12.0 Å². The van der Waals surface area contributed by atoms with E-state index in [4.69, 9.17) is 4.74 Å². The molecule has 186 valence electrons. The number of benzene rings is 2. The van der Waals surface area contributed by atoms with Gasteiger partial charge in [0.1, 0.15) is 11.3 Å². The van der Waals surface area contributed by atoms with E-state index in [2.05, 4.69) is 5.10 Å². The van der Waals surface area contributed by atoms with Crippen LogP contribution in [0, 0.1) is 13.8 Å². The summed E-state index contributed by atoms with van der Waals surface area (Å²) < 4.78 is 8.16. The van der Waals surface area contributed by atoms with Crippen LogP contribution in [0.1, 0.15) is 29.3 Å². The second kappa shape index (κ2) is 9.39. The Morgan fingerprint density at radius 2 is 1.57 bits per heavy atom. The topological polar surface area (TPSA) is 91.4 Å². The number of aryl methyl sites for hydroxylation is 3. The SMILES string of the molecule is CCc1nn(-c2ccccc2)c([O-])c1C1=C([n+]2cc(C)cc(C)c2)C(=O)N(c2ccc(OC)cc2)C1=O. The average molecular weight is 495 g/mol. The van der Waals surface area contributed by atoms with Crippen molar-refractivity contribution in [1.29, 1.82) is 0 Å². The highest BCUT2D eigenvalue weighted by atomic mass is 16.5. The zero-order valence-electron chi connectivity index (χ0n) is 21.1. The number of pyridine rings is 1. The number of methoxy groups -OCH3 is 1. The summed E-state index contributed by atoms with van der Waals surface area (Å²) in [5.74, 6) is -0.942. The highest BCUT2D eigenvalue weighted by molar-refractivity contribution is 6.53. The number of aromatic nitrogens is 3. The maximum Gasteiger partial charge on any atom is 0.331 e. The van der Waals surface area contributed by atoms with Gasteiger partial charge in [0.05, 0.1) is 24.2 Å². The molecule has 0 fully saturated rings. The standard InChI is InChI=1S/C29H26N4O4/c1-5-23-24(28(35)33(30-23)21-9-7-6-8-10-21)25-26(31-16-18(2)15-19(3)17-31)29(36)32(27(25)34)20-11-13-22(37-4)14-12-20/h6-17H,5H2,1-4H3. The lowest BCUT2D eigenvalue weighted by Crippen LogP contribution is -2.40. The Kier molecular flexibility index (Phi) is 6.09. The van der Waals surface area contributed by atoms with Crippen LogP contribution in [-0.4, -0.2) is 28.7 Å². The number of anilines is 1. The smallest absolute Gasteiger partial charge is 0.331 e. The van der Waals surface area contributed by atoms with Gasteiger partial charge < -0.3 is 9.84 Å². The van der Waals surface area contributed by atoms with E-state index in [0.29, 0.717) is 29.2 Å². The minimum Gasteiger partial charge on any atom is -0.858 e. The second-order valence-electron chi connectivity index (χ2n) is 8.89. The summed E-state index contributed by atoms with van der Waals surface area (Å²) in [7, 11) is 1.54. The van der Waals surface area contributed by atoms with Gasteiger partial charge in [0.2, 0.25) is 0 Å². The Hall–Kier alpha value is -4.72. The molecule has 5 rings (SSSR count). The first kappa shape index (κ1) is 24.0. The lowest BCUT2D eigenvalue weighted by Gasteiger charge is -2.16. The summed E-state index contributed by atoms with van der Waals surface area (Å²) in [6, 6.07) is 17.7. The van der Waals surface area contributed by atoms with Crippen LogP contribution in [0.2, 0.25) is 0 Å². The molecule has 2 aromatic heterocycles. The number of rotatable bonds is 6. The first-order valence-corrected chi connectivity index (χ1v) is 12.0. The third-order valence-corrected chi connectivity index (χ3v) is 6.29. The molecule has 8 nitrogen and oxygen atoms in total. The predicted octanol–water partition coefficient (Wildman–Crippen LogP) is 3.36. The fourth-order valence-corrected chi connectivity index (χ4v) is 4.68. The molecule has 0 unspecified atom stereocenters. The van der Waals surface area contributed by atoms with Crippen molar-refractivity contribution in [2.24, 2.45) is 0 Å². The molecule has 0 radical (unpaired) electrons. The number of hydrogen-bond donors (Lipinski definition) is 0. The predicted molar refractivity (Wildman–Crippen MR) is 137 cm³/mol. The van der Waals surface area contributed by atoms with Crippen molar-refractivity contribution in [1.82, 2.24) is 9.78 Å². The molecule has 0 N–H and O–H groups in total. The summed E-state index contributed by atoms with van der Waals surface area (Å²) in [5, 5.41) is 18.3. The molecule has 1 aliphatic rings. The van der Waals surface area contributed by atoms with Gasteiger partial charge in [-0.25, -0.2) is 9.58 Å². The van der Waals surface area contributed by atoms with E-state index in [0.717, 1.165) is 16.0 Å². The van der Waals surface area contributed by atoms with Gasteiger partial charge in [0.25, 0.3) is 11.6 Å². The Bertz CT molecular complexity index is 1530. The number of imide groups is 1. The van der Waals surface area contributed by atoms with Crippen molar-refractivity contribution in [3.63, 3.8) is 0 Å². The van der Waals surface area contributed by atoms with E-state index in [1.54, 1.807) is 60.5 Å². The number of carbonyl (C=O) groups is 2. The molecule has 0 saturated heterocycles. The van der Waals surface area contributed by atoms with Crippen molar-refractivity contribution in [3.05, 3.63) is 95.4 Å². The molecule has 0 saturated carbocycles. The number of ether oxygens (including phenoxy) is 1. The number of para-hydroxylation sites is 1. The number of hydrogen-bond acceptors (Lipinski definition) is 5. The van der Waals surface area contributed by atoms with Gasteiger partial charge in [-0.3, -0.25) is 9.59 Å². The summed E-state index contributed by atoms with van der Waals surface area (Å²) in [4.78, 5) is 29.1. The molecular formula is C29H26N4O4. The summed E-state index contributed by atoms with van der Waals surface area (Å²) in [5.41, 5.74) is 3.53. The van der Waals surface area contributed by atoms with E-state index < -0.39 is 17.7 Å². The highest BCUT2D eigenvalue weighted by Crippen LogP contribution is 2.39. The molecule has 3 heterocycles. The minimum atomic E-state index is -0.573. The van der Waals surface area contributed by atoms with Crippen LogP contribution in [-0.2, 0) is 16.0 Å². The molecule has 0 atom stereocenters. The monoisotopic (exact) mass is 494 g/mol. The van der Waals surface area contributed by atoms with Crippen molar-refractivity contribution in [2.45, 2.75) is 27.2 Å².